The molecule has 0 atom stereocenters. The summed E-state index contributed by atoms with van der Waals surface area (Å²) in [6.07, 6.45) is 6.49. The molecule has 0 aliphatic heterocycles. The normalized spacial score (nSPS) is 17.1. The van der Waals surface area contributed by atoms with Gasteiger partial charge in [0.1, 0.15) is 0 Å². The van der Waals surface area contributed by atoms with Crippen molar-refractivity contribution in [1.82, 2.24) is 0 Å². The Bertz CT molecular complexity index is 365. The Morgan fingerprint density at radius 1 is 1.25 bits per heavy atom. The maximum absolute atomic E-state index is 11.4. The first-order valence-electron chi connectivity index (χ1n) is 5.99. The van der Waals surface area contributed by atoms with Crippen LogP contribution in [0.4, 0.5) is 0 Å². The zero-order valence-corrected chi connectivity index (χ0v) is 9.74. The second-order valence-corrected chi connectivity index (χ2v) is 4.45. The van der Waals surface area contributed by atoms with Gasteiger partial charge in [0, 0.05) is 0 Å². The number of esters is 1. The van der Waals surface area contributed by atoms with Crippen LogP contribution < -0.4 is 0 Å². The van der Waals surface area contributed by atoms with E-state index in [-0.39, 0.29) is 5.97 Å². The summed E-state index contributed by atoms with van der Waals surface area (Å²) in [7, 11) is 1.43. The largest absolute Gasteiger partial charge is 0.465 e. The second kappa shape index (κ2) is 5.15. The van der Waals surface area contributed by atoms with Crippen LogP contribution in [0.15, 0.2) is 24.3 Å². The number of ether oxygens (including phenoxy) is 1. The lowest BCUT2D eigenvalue weighted by Crippen LogP contribution is -2.07. The number of rotatable bonds is 2. The minimum absolute atomic E-state index is 0.238. The van der Waals surface area contributed by atoms with Gasteiger partial charge in [-0.05, 0) is 36.5 Å². The van der Waals surface area contributed by atoms with Crippen molar-refractivity contribution in [3.05, 3.63) is 35.4 Å². The standard InChI is InChI=1S/C14H18O2/c1-16-14(15)13-9-5-8-12(10-13)11-6-3-2-4-7-11/h5,8-11H,2-4,6-7H2,1H3. The smallest absolute Gasteiger partial charge is 0.337 e. The molecule has 0 radical (unpaired) electrons. The van der Waals surface area contributed by atoms with E-state index in [2.05, 4.69) is 6.07 Å². The third kappa shape index (κ3) is 2.43. The average Bonchev–Trinajstić information content (AvgIpc) is 2.39. The van der Waals surface area contributed by atoms with Crippen LogP contribution in [0, 0.1) is 0 Å². The summed E-state index contributed by atoms with van der Waals surface area (Å²) >= 11 is 0. The lowest BCUT2D eigenvalue weighted by molar-refractivity contribution is 0.0600. The summed E-state index contributed by atoms with van der Waals surface area (Å²) in [5.41, 5.74) is 1.97. The zero-order chi connectivity index (χ0) is 11.4. The molecule has 2 nitrogen and oxygen atoms in total. The Morgan fingerprint density at radius 2 is 2.00 bits per heavy atom. The SMILES string of the molecule is COC(=O)c1cccc(C2CCCCC2)c1. The molecular weight excluding hydrogens is 200 g/mol. The molecule has 1 aromatic rings. The van der Waals surface area contributed by atoms with Gasteiger partial charge >= 0.3 is 5.97 Å². The Hall–Kier alpha value is -1.31. The lowest BCUT2D eigenvalue weighted by atomic mass is 9.84. The second-order valence-electron chi connectivity index (χ2n) is 4.45. The molecule has 0 saturated heterocycles. The monoisotopic (exact) mass is 218 g/mol. The van der Waals surface area contributed by atoms with Gasteiger partial charge < -0.3 is 4.74 Å². The van der Waals surface area contributed by atoms with Crippen LogP contribution in [0.3, 0.4) is 0 Å². The van der Waals surface area contributed by atoms with Crippen LogP contribution in [0.2, 0.25) is 0 Å². The minimum Gasteiger partial charge on any atom is -0.465 e. The van der Waals surface area contributed by atoms with Crippen molar-refractivity contribution >= 4 is 5.97 Å². The number of methoxy groups -OCH3 is 1. The fourth-order valence-electron chi connectivity index (χ4n) is 2.47. The number of hydrogen-bond donors (Lipinski definition) is 0. The van der Waals surface area contributed by atoms with Crippen molar-refractivity contribution in [2.45, 2.75) is 38.0 Å². The molecule has 16 heavy (non-hydrogen) atoms. The topological polar surface area (TPSA) is 26.3 Å². The predicted octanol–water partition coefficient (Wildman–Crippen LogP) is 3.52. The number of hydrogen-bond acceptors (Lipinski definition) is 2. The van der Waals surface area contributed by atoms with E-state index in [1.165, 1.54) is 44.8 Å². The van der Waals surface area contributed by atoms with E-state index in [4.69, 9.17) is 4.74 Å². The van der Waals surface area contributed by atoms with E-state index in [1.54, 1.807) is 0 Å². The Labute approximate surface area is 96.6 Å². The van der Waals surface area contributed by atoms with E-state index < -0.39 is 0 Å². The molecule has 0 unspecified atom stereocenters. The van der Waals surface area contributed by atoms with Gasteiger partial charge in [0.2, 0.25) is 0 Å². The summed E-state index contributed by atoms with van der Waals surface area (Å²) in [5, 5.41) is 0. The van der Waals surface area contributed by atoms with Gasteiger partial charge in [0.15, 0.2) is 0 Å². The average molecular weight is 218 g/mol. The van der Waals surface area contributed by atoms with Gasteiger partial charge in [0.05, 0.1) is 12.7 Å². The van der Waals surface area contributed by atoms with Crippen LogP contribution in [0.25, 0.3) is 0 Å². The van der Waals surface area contributed by atoms with E-state index in [9.17, 15) is 4.79 Å². The highest BCUT2D eigenvalue weighted by Gasteiger charge is 2.16. The van der Waals surface area contributed by atoms with E-state index >= 15 is 0 Å². The van der Waals surface area contributed by atoms with Crippen LogP contribution >= 0.6 is 0 Å². The van der Waals surface area contributed by atoms with Crippen LogP contribution in [0.5, 0.6) is 0 Å². The fraction of sp³-hybridized carbons (Fsp3) is 0.500. The highest BCUT2D eigenvalue weighted by atomic mass is 16.5. The summed E-state index contributed by atoms with van der Waals surface area (Å²) in [6.45, 7) is 0. The highest BCUT2D eigenvalue weighted by molar-refractivity contribution is 5.89. The predicted molar refractivity (Wildman–Crippen MR) is 63.6 cm³/mol. The molecule has 0 heterocycles. The fourth-order valence-corrected chi connectivity index (χ4v) is 2.47. The molecule has 0 aromatic heterocycles. The molecule has 1 aliphatic rings. The molecule has 2 heteroatoms. The van der Waals surface area contributed by atoms with E-state index in [0.29, 0.717) is 11.5 Å². The van der Waals surface area contributed by atoms with Gasteiger partial charge in [-0.25, -0.2) is 4.79 Å². The van der Waals surface area contributed by atoms with Crippen molar-refractivity contribution in [2.75, 3.05) is 7.11 Å². The molecule has 0 amide bonds. The first-order chi connectivity index (χ1) is 7.81. The van der Waals surface area contributed by atoms with Gasteiger partial charge in [-0.15, -0.1) is 0 Å². The molecule has 0 spiro atoms. The molecule has 1 aliphatic carbocycles. The van der Waals surface area contributed by atoms with Crippen LogP contribution in [0.1, 0.15) is 53.9 Å². The zero-order valence-electron chi connectivity index (χ0n) is 9.74. The molecule has 1 aromatic carbocycles. The number of carbonyl (C=O) groups excluding carboxylic acids is 1. The Kier molecular flexibility index (Phi) is 3.60. The summed E-state index contributed by atoms with van der Waals surface area (Å²) in [5.74, 6) is 0.399. The summed E-state index contributed by atoms with van der Waals surface area (Å²) in [4.78, 5) is 11.4. The maximum atomic E-state index is 11.4. The maximum Gasteiger partial charge on any atom is 0.337 e. The number of carbonyl (C=O) groups is 1. The van der Waals surface area contributed by atoms with Crippen molar-refractivity contribution in [3.8, 4) is 0 Å². The molecular formula is C14H18O2. The van der Waals surface area contributed by atoms with Gasteiger partial charge in [-0.2, -0.15) is 0 Å². The first kappa shape index (κ1) is 11.2. The third-order valence-electron chi connectivity index (χ3n) is 3.38. The van der Waals surface area contributed by atoms with Crippen LogP contribution in [-0.2, 0) is 4.74 Å². The third-order valence-corrected chi connectivity index (χ3v) is 3.38. The summed E-state index contributed by atoms with van der Waals surface area (Å²) < 4.78 is 4.74. The number of benzene rings is 1. The van der Waals surface area contributed by atoms with Gasteiger partial charge in [-0.1, -0.05) is 31.4 Å². The molecule has 86 valence electrons. The van der Waals surface area contributed by atoms with Crippen molar-refractivity contribution in [1.29, 1.82) is 0 Å². The first-order valence-corrected chi connectivity index (χ1v) is 5.99. The van der Waals surface area contributed by atoms with Gasteiger partial charge in [0.25, 0.3) is 0 Å². The lowest BCUT2D eigenvalue weighted by Gasteiger charge is -2.22. The van der Waals surface area contributed by atoms with Crippen LogP contribution in [-0.4, -0.2) is 13.1 Å². The summed E-state index contributed by atoms with van der Waals surface area (Å²) in [6, 6.07) is 7.89. The van der Waals surface area contributed by atoms with Crippen molar-refractivity contribution in [3.63, 3.8) is 0 Å². The molecule has 2 rings (SSSR count). The quantitative estimate of drug-likeness (QED) is 0.710. The molecule has 0 bridgehead atoms. The Balaban J connectivity index is 2.17. The van der Waals surface area contributed by atoms with Crippen molar-refractivity contribution < 1.29 is 9.53 Å². The molecule has 0 N–H and O–H groups in total. The highest BCUT2D eigenvalue weighted by Crippen LogP contribution is 2.32. The molecule has 1 fully saturated rings. The molecule has 1 saturated carbocycles. The van der Waals surface area contributed by atoms with E-state index in [1.807, 2.05) is 18.2 Å². The Morgan fingerprint density at radius 3 is 2.69 bits per heavy atom. The minimum atomic E-state index is -0.238. The van der Waals surface area contributed by atoms with E-state index in [0.717, 1.165) is 0 Å². The van der Waals surface area contributed by atoms with Crippen molar-refractivity contribution in [2.24, 2.45) is 0 Å². The van der Waals surface area contributed by atoms with Gasteiger partial charge in [-0.3, -0.25) is 0 Å².